The van der Waals surface area contributed by atoms with Crippen molar-refractivity contribution in [2.45, 2.75) is 26.3 Å². The van der Waals surface area contributed by atoms with Crippen LogP contribution in [0.4, 0.5) is 11.4 Å². The summed E-state index contributed by atoms with van der Waals surface area (Å²) in [7, 11) is 0. The number of carbonyl (C=O) groups excluding carboxylic acids is 2. The number of carbonyl (C=O) groups is 2. The van der Waals surface area contributed by atoms with E-state index in [0.717, 1.165) is 12.1 Å². The first-order valence-electron chi connectivity index (χ1n) is 9.97. The van der Waals surface area contributed by atoms with Crippen LogP contribution < -0.4 is 20.1 Å². The number of para-hydroxylation sites is 1. The van der Waals surface area contributed by atoms with Crippen molar-refractivity contribution in [2.24, 2.45) is 0 Å². The normalized spacial score (nSPS) is 13.6. The number of nitrogens with zero attached hydrogens (tertiary/aromatic N) is 1. The molecule has 1 atom stereocenters. The Labute approximate surface area is 181 Å². The predicted octanol–water partition coefficient (Wildman–Crippen LogP) is 3.79. The van der Waals surface area contributed by atoms with Gasteiger partial charge in [-0.1, -0.05) is 36.7 Å². The molecule has 0 aliphatic carbocycles. The van der Waals surface area contributed by atoms with Crippen LogP contribution in [0, 0.1) is 0 Å². The van der Waals surface area contributed by atoms with E-state index in [1.54, 1.807) is 19.1 Å². The van der Waals surface area contributed by atoms with Crippen molar-refractivity contribution in [1.82, 2.24) is 4.90 Å². The molecule has 7 nitrogen and oxygen atoms in total. The van der Waals surface area contributed by atoms with Gasteiger partial charge in [0.2, 0.25) is 11.8 Å². The summed E-state index contributed by atoms with van der Waals surface area (Å²) < 4.78 is 11.0. The highest BCUT2D eigenvalue weighted by molar-refractivity contribution is 6.34. The second-order valence-electron chi connectivity index (χ2n) is 7.03. The fraction of sp³-hybridized carbons (Fsp3) is 0.364. The summed E-state index contributed by atoms with van der Waals surface area (Å²) in [6, 6.07) is 12.1. The lowest BCUT2D eigenvalue weighted by Crippen LogP contribution is -2.46. The summed E-state index contributed by atoms with van der Waals surface area (Å²) in [6.45, 7) is 5.36. The minimum atomic E-state index is -0.480. The van der Waals surface area contributed by atoms with Gasteiger partial charge >= 0.3 is 0 Å². The number of nitrogens with one attached hydrogen (secondary N) is 2. The molecule has 1 heterocycles. The predicted molar refractivity (Wildman–Crippen MR) is 117 cm³/mol. The molecule has 2 aromatic carbocycles. The lowest BCUT2D eigenvalue weighted by atomic mass is 10.2. The molecule has 160 valence electrons. The number of hydrogen-bond acceptors (Lipinski definition) is 5. The highest BCUT2D eigenvalue weighted by Gasteiger charge is 2.24. The van der Waals surface area contributed by atoms with E-state index < -0.39 is 6.04 Å². The van der Waals surface area contributed by atoms with E-state index in [4.69, 9.17) is 21.1 Å². The van der Waals surface area contributed by atoms with Gasteiger partial charge in [-0.15, -0.1) is 0 Å². The molecule has 2 amide bonds. The van der Waals surface area contributed by atoms with Crippen LogP contribution in [0.1, 0.15) is 20.3 Å². The molecule has 1 aliphatic heterocycles. The van der Waals surface area contributed by atoms with E-state index in [-0.39, 0.29) is 18.4 Å². The topological polar surface area (TPSA) is 79.9 Å². The van der Waals surface area contributed by atoms with Crippen LogP contribution in [-0.4, -0.2) is 49.1 Å². The zero-order chi connectivity index (χ0) is 21.5. The third-order valence-electron chi connectivity index (χ3n) is 4.73. The molecule has 3 rings (SSSR count). The van der Waals surface area contributed by atoms with E-state index in [0.29, 0.717) is 42.0 Å². The Morgan fingerprint density at radius 3 is 2.43 bits per heavy atom. The van der Waals surface area contributed by atoms with Crippen LogP contribution in [0.2, 0.25) is 5.02 Å². The molecule has 0 saturated heterocycles. The lowest BCUT2D eigenvalue weighted by molar-refractivity contribution is -0.123. The fourth-order valence-corrected chi connectivity index (χ4v) is 3.37. The standard InChI is InChI=1S/C22H26ClN3O4/c1-3-9-26(15(2)22(28)24-16-7-5-4-6-8-16)14-21(27)25-18-13-20-19(12-17(18)23)29-10-11-30-20/h4-8,12-13,15H,3,9-11,14H2,1-2H3,(H,24,28)(H,25,27). The molecule has 2 aromatic rings. The van der Waals surface area contributed by atoms with Gasteiger partial charge in [-0.25, -0.2) is 0 Å². The molecule has 0 spiro atoms. The third kappa shape index (κ3) is 5.64. The van der Waals surface area contributed by atoms with Crippen molar-refractivity contribution in [2.75, 3.05) is 36.9 Å². The second-order valence-corrected chi connectivity index (χ2v) is 7.43. The molecule has 0 aromatic heterocycles. The van der Waals surface area contributed by atoms with Gasteiger partial charge in [0.1, 0.15) is 13.2 Å². The summed E-state index contributed by atoms with van der Waals surface area (Å²) in [5.74, 6) is 0.672. The van der Waals surface area contributed by atoms with Crippen LogP contribution in [0.5, 0.6) is 11.5 Å². The second kappa shape index (κ2) is 10.3. The van der Waals surface area contributed by atoms with Gasteiger partial charge in [-0.3, -0.25) is 14.5 Å². The summed E-state index contributed by atoms with van der Waals surface area (Å²) in [6.07, 6.45) is 0.807. The highest BCUT2D eigenvalue weighted by atomic mass is 35.5. The number of ether oxygens (including phenoxy) is 2. The average molecular weight is 432 g/mol. The largest absolute Gasteiger partial charge is 0.486 e. The highest BCUT2D eigenvalue weighted by Crippen LogP contribution is 2.37. The average Bonchev–Trinajstić information content (AvgIpc) is 2.74. The number of anilines is 2. The Bertz CT molecular complexity index is 891. The van der Waals surface area contributed by atoms with E-state index in [2.05, 4.69) is 10.6 Å². The maximum atomic E-state index is 12.7. The molecule has 1 aliphatic rings. The number of fused-ring (bicyclic) bond motifs is 1. The van der Waals surface area contributed by atoms with Crippen molar-refractivity contribution < 1.29 is 19.1 Å². The minimum absolute atomic E-state index is 0.0575. The SMILES string of the molecule is CCCN(CC(=O)Nc1cc2c(cc1Cl)OCCO2)C(C)C(=O)Nc1ccccc1. The van der Waals surface area contributed by atoms with Gasteiger partial charge in [-0.05, 0) is 32.0 Å². The van der Waals surface area contributed by atoms with Gasteiger partial charge in [-0.2, -0.15) is 0 Å². The van der Waals surface area contributed by atoms with Crippen LogP contribution in [-0.2, 0) is 9.59 Å². The van der Waals surface area contributed by atoms with Gasteiger partial charge in [0.15, 0.2) is 11.5 Å². The minimum Gasteiger partial charge on any atom is -0.486 e. The molecular formula is C22H26ClN3O4. The first kappa shape index (κ1) is 21.9. The molecule has 2 N–H and O–H groups in total. The van der Waals surface area contributed by atoms with Crippen molar-refractivity contribution in [1.29, 1.82) is 0 Å². The number of benzene rings is 2. The molecular weight excluding hydrogens is 406 g/mol. The van der Waals surface area contributed by atoms with Crippen molar-refractivity contribution >= 4 is 34.8 Å². The van der Waals surface area contributed by atoms with Crippen LogP contribution in [0.3, 0.4) is 0 Å². The Balaban J connectivity index is 1.64. The smallest absolute Gasteiger partial charge is 0.241 e. The maximum Gasteiger partial charge on any atom is 0.241 e. The molecule has 0 radical (unpaired) electrons. The number of amides is 2. The molecule has 1 unspecified atom stereocenters. The quantitative estimate of drug-likeness (QED) is 0.664. The van der Waals surface area contributed by atoms with Gasteiger partial charge in [0.05, 0.1) is 23.3 Å². The Kier molecular flexibility index (Phi) is 7.54. The van der Waals surface area contributed by atoms with Crippen molar-refractivity contribution in [3.63, 3.8) is 0 Å². The Morgan fingerprint density at radius 1 is 1.10 bits per heavy atom. The van der Waals surface area contributed by atoms with E-state index in [1.807, 2.05) is 42.2 Å². The monoisotopic (exact) mass is 431 g/mol. The zero-order valence-corrected chi connectivity index (χ0v) is 17.9. The first-order chi connectivity index (χ1) is 14.5. The van der Waals surface area contributed by atoms with Gasteiger partial charge in [0.25, 0.3) is 0 Å². The van der Waals surface area contributed by atoms with Crippen molar-refractivity contribution in [3.8, 4) is 11.5 Å². The first-order valence-corrected chi connectivity index (χ1v) is 10.3. The summed E-state index contributed by atoms with van der Waals surface area (Å²) in [4.78, 5) is 27.2. The van der Waals surface area contributed by atoms with Crippen LogP contribution in [0.15, 0.2) is 42.5 Å². The lowest BCUT2D eigenvalue weighted by Gasteiger charge is -2.27. The van der Waals surface area contributed by atoms with Crippen LogP contribution in [0.25, 0.3) is 0 Å². The number of hydrogen-bond donors (Lipinski definition) is 2. The zero-order valence-electron chi connectivity index (χ0n) is 17.1. The fourth-order valence-electron chi connectivity index (χ4n) is 3.16. The number of halogens is 1. The van der Waals surface area contributed by atoms with E-state index in [1.165, 1.54) is 0 Å². The summed E-state index contributed by atoms with van der Waals surface area (Å²) in [5.41, 5.74) is 1.17. The molecule has 8 heteroatoms. The van der Waals surface area contributed by atoms with Crippen LogP contribution >= 0.6 is 11.6 Å². The Hall–Kier alpha value is -2.77. The number of rotatable bonds is 8. The van der Waals surface area contributed by atoms with E-state index >= 15 is 0 Å². The molecule has 0 saturated carbocycles. The third-order valence-corrected chi connectivity index (χ3v) is 5.04. The molecule has 0 fully saturated rings. The molecule has 30 heavy (non-hydrogen) atoms. The van der Waals surface area contributed by atoms with E-state index in [9.17, 15) is 9.59 Å². The Morgan fingerprint density at radius 2 is 1.77 bits per heavy atom. The van der Waals surface area contributed by atoms with Crippen molar-refractivity contribution in [3.05, 3.63) is 47.5 Å². The molecule has 0 bridgehead atoms. The van der Waals surface area contributed by atoms with Gasteiger partial charge in [0, 0.05) is 17.8 Å². The van der Waals surface area contributed by atoms with Gasteiger partial charge < -0.3 is 20.1 Å². The summed E-state index contributed by atoms with van der Waals surface area (Å²) >= 11 is 6.28. The maximum absolute atomic E-state index is 12.7. The summed E-state index contributed by atoms with van der Waals surface area (Å²) in [5, 5.41) is 6.06.